The number of carbonyl (C=O) groups is 1. The van der Waals surface area contributed by atoms with E-state index in [0.29, 0.717) is 18.3 Å². The predicted octanol–water partition coefficient (Wildman–Crippen LogP) is 5.67. The highest BCUT2D eigenvalue weighted by atomic mass is 16.3. The van der Waals surface area contributed by atoms with Gasteiger partial charge in [0.15, 0.2) is 5.78 Å². The first kappa shape index (κ1) is 19.4. The largest absolute Gasteiger partial charge is 0.472 e. The molecule has 0 aromatic carbocycles. The summed E-state index contributed by atoms with van der Waals surface area (Å²) in [5.41, 5.74) is 2.04. The fourth-order valence-corrected chi connectivity index (χ4v) is 8.25. The molecule has 0 radical (unpaired) electrons. The fraction of sp³-hybridized carbons (Fsp3) is 0.654. The van der Waals surface area contributed by atoms with Crippen LogP contribution in [0.2, 0.25) is 0 Å². The average Bonchev–Trinajstić information content (AvgIpc) is 3.29. The Labute approximate surface area is 174 Å². The first-order valence-corrected chi connectivity index (χ1v) is 11.2. The normalized spacial score (nSPS) is 47.9. The van der Waals surface area contributed by atoms with Crippen LogP contribution in [0.5, 0.6) is 0 Å². The number of rotatable bonds is 1. The third kappa shape index (κ3) is 2.20. The molecule has 3 nitrogen and oxygen atoms in total. The summed E-state index contributed by atoms with van der Waals surface area (Å²) in [5, 5.41) is 11.6. The molecule has 0 spiro atoms. The maximum Gasteiger partial charge on any atom is 0.161 e. The smallest absolute Gasteiger partial charge is 0.161 e. The van der Waals surface area contributed by atoms with Crippen molar-refractivity contribution in [3.05, 3.63) is 48.0 Å². The molecule has 5 rings (SSSR count). The molecule has 1 N–H and O–H groups in total. The van der Waals surface area contributed by atoms with Gasteiger partial charge in [0.2, 0.25) is 0 Å². The topological polar surface area (TPSA) is 50.4 Å². The molecule has 0 bridgehead atoms. The van der Waals surface area contributed by atoms with Gasteiger partial charge in [-0.2, -0.15) is 0 Å². The Kier molecular flexibility index (Phi) is 3.84. The third-order valence-corrected chi connectivity index (χ3v) is 9.90. The monoisotopic (exact) mass is 394 g/mol. The van der Waals surface area contributed by atoms with Gasteiger partial charge in [0, 0.05) is 10.8 Å². The maximum atomic E-state index is 12.7. The summed E-state index contributed by atoms with van der Waals surface area (Å²) >= 11 is 0. The van der Waals surface area contributed by atoms with E-state index in [1.807, 2.05) is 12.3 Å². The van der Waals surface area contributed by atoms with Crippen molar-refractivity contribution in [2.45, 2.75) is 72.3 Å². The van der Waals surface area contributed by atoms with Crippen molar-refractivity contribution in [3.63, 3.8) is 0 Å². The lowest BCUT2D eigenvalue weighted by Crippen LogP contribution is -2.63. The van der Waals surface area contributed by atoms with Crippen molar-refractivity contribution in [1.29, 1.82) is 0 Å². The zero-order chi connectivity index (χ0) is 20.8. The van der Waals surface area contributed by atoms with Crippen molar-refractivity contribution in [3.8, 4) is 0 Å². The number of aliphatic hydroxyl groups excluding tert-OH is 1. The molecule has 0 aliphatic heterocycles. The van der Waals surface area contributed by atoms with E-state index in [9.17, 15) is 9.90 Å². The number of furan rings is 1. The first-order chi connectivity index (χ1) is 13.6. The molecule has 1 unspecified atom stereocenters. The summed E-state index contributed by atoms with van der Waals surface area (Å²) in [6, 6.07) is 2.10. The Morgan fingerprint density at radius 3 is 2.59 bits per heavy atom. The van der Waals surface area contributed by atoms with Crippen molar-refractivity contribution in [1.82, 2.24) is 0 Å². The molecule has 2 fully saturated rings. The van der Waals surface area contributed by atoms with Gasteiger partial charge in [-0.05, 0) is 72.0 Å². The van der Waals surface area contributed by atoms with Gasteiger partial charge in [0.05, 0.1) is 18.6 Å². The molecular formula is C26H34O3. The molecule has 3 heteroatoms. The quantitative estimate of drug-likeness (QED) is 0.625. The summed E-state index contributed by atoms with van der Waals surface area (Å²) in [5.74, 6) is 1.15. The third-order valence-electron chi connectivity index (χ3n) is 9.90. The molecule has 4 aliphatic carbocycles. The highest BCUT2D eigenvalue weighted by molar-refractivity contribution is 5.95. The van der Waals surface area contributed by atoms with Crippen LogP contribution in [0.15, 0.2) is 46.8 Å². The second kappa shape index (κ2) is 5.75. The van der Waals surface area contributed by atoms with E-state index in [-0.39, 0.29) is 27.9 Å². The van der Waals surface area contributed by atoms with Crippen molar-refractivity contribution in [2.75, 3.05) is 0 Å². The van der Waals surface area contributed by atoms with Crippen LogP contribution in [0.4, 0.5) is 0 Å². The van der Waals surface area contributed by atoms with Gasteiger partial charge < -0.3 is 9.52 Å². The number of hydrogen-bond donors (Lipinski definition) is 1. The Bertz CT molecular complexity index is 906. The van der Waals surface area contributed by atoms with Gasteiger partial charge in [-0.15, -0.1) is 0 Å². The molecule has 1 aromatic rings. The van der Waals surface area contributed by atoms with Gasteiger partial charge in [-0.1, -0.05) is 52.3 Å². The van der Waals surface area contributed by atoms with E-state index in [4.69, 9.17) is 4.42 Å². The predicted molar refractivity (Wildman–Crippen MR) is 113 cm³/mol. The molecule has 2 saturated carbocycles. The minimum atomic E-state index is -0.421. The number of ketones is 1. The highest BCUT2D eigenvalue weighted by Gasteiger charge is 2.67. The van der Waals surface area contributed by atoms with Crippen molar-refractivity contribution >= 4 is 5.78 Å². The number of allylic oxidation sites excluding steroid dienone is 3. The Morgan fingerprint density at radius 1 is 1.14 bits per heavy atom. The van der Waals surface area contributed by atoms with Gasteiger partial charge >= 0.3 is 0 Å². The summed E-state index contributed by atoms with van der Waals surface area (Å²) in [7, 11) is 0. The fourth-order valence-electron chi connectivity index (χ4n) is 8.25. The van der Waals surface area contributed by atoms with Crippen LogP contribution in [-0.2, 0) is 4.79 Å². The molecular weight excluding hydrogens is 360 g/mol. The van der Waals surface area contributed by atoms with E-state index in [0.717, 1.165) is 19.3 Å². The maximum absolute atomic E-state index is 12.7. The van der Waals surface area contributed by atoms with E-state index >= 15 is 0 Å². The van der Waals surface area contributed by atoms with Crippen LogP contribution >= 0.6 is 0 Å². The van der Waals surface area contributed by atoms with Crippen LogP contribution < -0.4 is 0 Å². The Morgan fingerprint density at radius 2 is 1.90 bits per heavy atom. The lowest BCUT2D eigenvalue weighted by Gasteiger charge is -2.66. The van der Waals surface area contributed by atoms with Crippen LogP contribution in [0, 0.1) is 33.5 Å². The molecule has 0 saturated heterocycles. The first-order valence-electron chi connectivity index (χ1n) is 11.2. The van der Waals surface area contributed by atoms with Gasteiger partial charge in [0.1, 0.15) is 0 Å². The van der Waals surface area contributed by atoms with E-state index in [1.165, 1.54) is 11.1 Å². The van der Waals surface area contributed by atoms with Crippen molar-refractivity contribution < 1.29 is 14.3 Å². The van der Waals surface area contributed by atoms with Crippen LogP contribution in [-0.4, -0.2) is 17.0 Å². The lowest BCUT2D eigenvalue weighted by atomic mass is 9.38. The summed E-state index contributed by atoms with van der Waals surface area (Å²) in [6.45, 7) is 11.2. The zero-order valence-electron chi connectivity index (χ0n) is 18.4. The van der Waals surface area contributed by atoms with Crippen LogP contribution in [0.25, 0.3) is 0 Å². The van der Waals surface area contributed by atoms with Gasteiger partial charge in [-0.25, -0.2) is 0 Å². The molecule has 29 heavy (non-hydrogen) atoms. The minimum Gasteiger partial charge on any atom is -0.472 e. The number of hydrogen-bond acceptors (Lipinski definition) is 3. The molecule has 1 aromatic heterocycles. The Balaban J connectivity index is 1.60. The summed E-state index contributed by atoms with van der Waals surface area (Å²) < 4.78 is 5.41. The highest BCUT2D eigenvalue weighted by Crippen LogP contribution is 2.72. The van der Waals surface area contributed by atoms with E-state index < -0.39 is 11.5 Å². The van der Waals surface area contributed by atoms with Crippen molar-refractivity contribution in [2.24, 2.45) is 33.5 Å². The standard InChI is InChI=1S/C26H34O3/c1-23(2)20-14-22(28)26(5)18-7-6-17(16-10-13-29-15-16)24(18,3)11-8-19(26)25(20,4)12-9-21(23)27/h7,9-10,12-13,15,17,19-20,22,28H,6,8,11,14H2,1-5H3/t17-,19?,20-,22+,24+,25-,26+/m1/s1. The van der Waals surface area contributed by atoms with E-state index in [2.05, 4.69) is 52.8 Å². The minimum absolute atomic E-state index is 0.0585. The second-order valence-corrected chi connectivity index (χ2v) is 11.3. The molecule has 1 heterocycles. The van der Waals surface area contributed by atoms with Crippen LogP contribution in [0.1, 0.15) is 71.8 Å². The number of carbonyl (C=O) groups excluding carboxylic acids is 1. The summed E-state index contributed by atoms with van der Waals surface area (Å²) in [4.78, 5) is 12.7. The SMILES string of the molecule is CC1(C)C(=O)C=C[C@]2(C)C3CC[C@]4(C)C(=CC[C@@H]4c4ccoc4)[C@]3(C)[C@@H](O)C[C@H]12. The zero-order valence-corrected chi connectivity index (χ0v) is 18.4. The second-order valence-electron chi connectivity index (χ2n) is 11.3. The molecule has 0 amide bonds. The number of fused-ring (bicyclic) bond motifs is 5. The summed E-state index contributed by atoms with van der Waals surface area (Å²) in [6.07, 6.45) is 13.6. The Hall–Kier alpha value is -1.61. The van der Waals surface area contributed by atoms with E-state index in [1.54, 1.807) is 6.26 Å². The van der Waals surface area contributed by atoms with Gasteiger partial charge in [0.25, 0.3) is 0 Å². The van der Waals surface area contributed by atoms with Gasteiger partial charge in [-0.3, -0.25) is 4.79 Å². The van der Waals surface area contributed by atoms with Crippen LogP contribution in [0.3, 0.4) is 0 Å². The number of aliphatic hydroxyl groups is 1. The molecule has 156 valence electrons. The average molecular weight is 395 g/mol. The lowest BCUT2D eigenvalue weighted by molar-refractivity contribution is -0.163. The molecule has 7 atom stereocenters. The molecule has 4 aliphatic rings.